The molecule has 26 heavy (non-hydrogen) atoms. The lowest BCUT2D eigenvalue weighted by atomic mass is 9.90. The van der Waals surface area contributed by atoms with Crippen molar-refractivity contribution in [1.82, 2.24) is 5.32 Å². The van der Waals surface area contributed by atoms with Crippen LogP contribution in [0.5, 0.6) is 11.5 Å². The highest BCUT2D eigenvalue weighted by Gasteiger charge is 2.16. The number of carbonyl (C=O) groups excluding carboxylic acids is 1. The average molecular weight is 363 g/mol. The van der Waals surface area contributed by atoms with Gasteiger partial charge in [0.15, 0.2) is 0 Å². The van der Waals surface area contributed by atoms with Crippen LogP contribution in [0, 0.1) is 12.8 Å². The van der Waals surface area contributed by atoms with Gasteiger partial charge in [-0.3, -0.25) is 0 Å². The Labute approximate surface area is 157 Å². The van der Waals surface area contributed by atoms with Gasteiger partial charge in [-0.2, -0.15) is 0 Å². The first-order valence-corrected chi connectivity index (χ1v) is 9.66. The molecule has 0 spiro atoms. The third-order valence-electron chi connectivity index (χ3n) is 4.27. The third kappa shape index (κ3) is 7.98. The van der Waals surface area contributed by atoms with E-state index in [1.807, 2.05) is 45.9 Å². The van der Waals surface area contributed by atoms with Gasteiger partial charge in [0.2, 0.25) is 0 Å². The molecule has 1 aromatic rings. The van der Waals surface area contributed by atoms with Gasteiger partial charge in [0.05, 0.1) is 13.2 Å². The molecule has 0 heterocycles. The SMILES string of the molecule is Cc1cc(OCCNC(=O)OC(C)(C)C)cc(OCC2CCCCC2)c1. The molecule has 1 aromatic carbocycles. The van der Waals surface area contributed by atoms with Crippen LogP contribution >= 0.6 is 0 Å². The summed E-state index contributed by atoms with van der Waals surface area (Å²) in [4.78, 5) is 11.6. The van der Waals surface area contributed by atoms with Gasteiger partial charge in [-0.1, -0.05) is 19.3 Å². The second-order valence-electron chi connectivity index (χ2n) is 8.07. The lowest BCUT2D eigenvalue weighted by Gasteiger charge is -2.22. The molecule has 5 nitrogen and oxygen atoms in total. The molecule has 1 saturated carbocycles. The number of aryl methyl sites for hydroxylation is 1. The summed E-state index contributed by atoms with van der Waals surface area (Å²) in [7, 11) is 0. The first-order chi connectivity index (χ1) is 12.3. The lowest BCUT2D eigenvalue weighted by molar-refractivity contribution is 0.0520. The van der Waals surface area contributed by atoms with Gasteiger partial charge in [-0.25, -0.2) is 4.79 Å². The van der Waals surface area contributed by atoms with Gasteiger partial charge in [0.25, 0.3) is 0 Å². The predicted molar refractivity (Wildman–Crippen MR) is 103 cm³/mol. The Bertz CT molecular complexity index is 574. The van der Waals surface area contributed by atoms with E-state index >= 15 is 0 Å². The molecule has 146 valence electrons. The zero-order chi connectivity index (χ0) is 19.0. The maximum atomic E-state index is 11.6. The van der Waals surface area contributed by atoms with Crippen molar-refractivity contribution in [3.63, 3.8) is 0 Å². The fraction of sp³-hybridized carbons (Fsp3) is 0.667. The van der Waals surface area contributed by atoms with E-state index in [2.05, 4.69) is 5.32 Å². The molecule has 0 aromatic heterocycles. The molecule has 1 fully saturated rings. The molecule has 0 bridgehead atoms. The molecule has 0 unspecified atom stereocenters. The van der Waals surface area contributed by atoms with E-state index in [1.54, 1.807) is 0 Å². The average Bonchev–Trinajstić information content (AvgIpc) is 2.56. The van der Waals surface area contributed by atoms with Crippen LogP contribution in [0.25, 0.3) is 0 Å². The maximum absolute atomic E-state index is 11.6. The van der Waals surface area contributed by atoms with Crippen molar-refractivity contribution in [2.45, 2.75) is 65.4 Å². The van der Waals surface area contributed by atoms with Crippen molar-refractivity contribution in [2.75, 3.05) is 19.8 Å². The van der Waals surface area contributed by atoms with Crippen molar-refractivity contribution < 1.29 is 19.0 Å². The van der Waals surface area contributed by atoms with Crippen molar-refractivity contribution in [1.29, 1.82) is 0 Å². The third-order valence-corrected chi connectivity index (χ3v) is 4.27. The summed E-state index contributed by atoms with van der Waals surface area (Å²) >= 11 is 0. The largest absolute Gasteiger partial charge is 0.493 e. The highest BCUT2D eigenvalue weighted by Crippen LogP contribution is 2.27. The number of ether oxygens (including phenoxy) is 3. The summed E-state index contributed by atoms with van der Waals surface area (Å²) in [6.07, 6.45) is 6.11. The fourth-order valence-electron chi connectivity index (χ4n) is 3.08. The van der Waals surface area contributed by atoms with Crippen LogP contribution in [0.1, 0.15) is 58.4 Å². The molecule has 1 aliphatic rings. The minimum atomic E-state index is -0.494. The molecule has 0 atom stereocenters. The van der Waals surface area contributed by atoms with Crippen molar-refractivity contribution in [3.05, 3.63) is 23.8 Å². The normalized spacial score (nSPS) is 15.4. The monoisotopic (exact) mass is 363 g/mol. The van der Waals surface area contributed by atoms with Crippen LogP contribution in [0.3, 0.4) is 0 Å². The quantitative estimate of drug-likeness (QED) is 0.703. The van der Waals surface area contributed by atoms with Gasteiger partial charge in [-0.05, 0) is 64.2 Å². The molecule has 5 heteroatoms. The zero-order valence-electron chi connectivity index (χ0n) is 16.6. The number of hydrogen-bond donors (Lipinski definition) is 1. The van der Waals surface area contributed by atoms with E-state index in [4.69, 9.17) is 14.2 Å². The lowest BCUT2D eigenvalue weighted by Crippen LogP contribution is -2.34. The zero-order valence-corrected chi connectivity index (χ0v) is 16.6. The van der Waals surface area contributed by atoms with Gasteiger partial charge >= 0.3 is 6.09 Å². The number of amides is 1. The van der Waals surface area contributed by atoms with E-state index in [-0.39, 0.29) is 0 Å². The number of carbonyl (C=O) groups is 1. The molecular formula is C21H33NO4. The van der Waals surface area contributed by atoms with E-state index in [9.17, 15) is 4.79 Å². The Morgan fingerprint density at radius 3 is 2.38 bits per heavy atom. The number of hydrogen-bond acceptors (Lipinski definition) is 4. The number of nitrogens with one attached hydrogen (secondary N) is 1. The Kier molecular flexibility index (Phi) is 7.61. The van der Waals surface area contributed by atoms with Gasteiger partial charge in [0, 0.05) is 6.07 Å². The minimum Gasteiger partial charge on any atom is -0.493 e. The number of benzene rings is 1. The molecule has 2 rings (SSSR count). The summed E-state index contributed by atoms with van der Waals surface area (Å²) in [5, 5.41) is 2.69. The Morgan fingerprint density at radius 1 is 1.08 bits per heavy atom. The van der Waals surface area contributed by atoms with Crippen LogP contribution in [-0.4, -0.2) is 31.5 Å². The predicted octanol–water partition coefficient (Wildman–Crippen LogP) is 4.86. The van der Waals surface area contributed by atoms with E-state index in [1.165, 1.54) is 32.1 Å². The molecule has 0 saturated heterocycles. The highest BCUT2D eigenvalue weighted by molar-refractivity contribution is 5.67. The van der Waals surface area contributed by atoms with Gasteiger partial charge in [-0.15, -0.1) is 0 Å². The summed E-state index contributed by atoms with van der Waals surface area (Å²) in [5.41, 5.74) is 0.604. The molecule has 0 radical (unpaired) electrons. The van der Waals surface area contributed by atoms with Crippen molar-refractivity contribution >= 4 is 6.09 Å². The molecular weight excluding hydrogens is 330 g/mol. The van der Waals surface area contributed by atoms with Crippen molar-refractivity contribution in [2.24, 2.45) is 5.92 Å². The Balaban J connectivity index is 1.75. The Morgan fingerprint density at radius 2 is 1.73 bits per heavy atom. The molecule has 1 N–H and O–H groups in total. The first-order valence-electron chi connectivity index (χ1n) is 9.66. The highest BCUT2D eigenvalue weighted by atomic mass is 16.6. The van der Waals surface area contributed by atoms with E-state index < -0.39 is 11.7 Å². The summed E-state index contributed by atoms with van der Waals surface area (Å²) in [6.45, 7) is 9.09. The van der Waals surface area contributed by atoms with Gasteiger partial charge < -0.3 is 19.5 Å². The topological polar surface area (TPSA) is 56.8 Å². The maximum Gasteiger partial charge on any atom is 0.407 e. The molecule has 0 aliphatic heterocycles. The smallest absolute Gasteiger partial charge is 0.407 e. The van der Waals surface area contributed by atoms with Crippen LogP contribution in [-0.2, 0) is 4.74 Å². The fourth-order valence-corrected chi connectivity index (χ4v) is 3.08. The second-order valence-corrected chi connectivity index (χ2v) is 8.07. The van der Waals surface area contributed by atoms with Crippen LogP contribution in [0.2, 0.25) is 0 Å². The van der Waals surface area contributed by atoms with Crippen LogP contribution < -0.4 is 14.8 Å². The van der Waals surface area contributed by atoms with E-state index in [0.29, 0.717) is 19.1 Å². The van der Waals surface area contributed by atoms with Crippen LogP contribution in [0.4, 0.5) is 4.79 Å². The Hall–Kier alpha value is -1.91. The summed E-state index contributed by atoms with van der Waals surface area (Å²) < 4.78 is 16.9. The summed E-state index contributed by atoms with van der Waals surface area (Å²) in [5.74, 6) is 2.28. The van der Waals surface area contributed by atoms with Gasteiger partial charge in [0.1, 0.15) is 23.7 Å². The molecule has 1 aliphatic carbocycles. The number of alkyl carbamates (subject to hydrolysis) is 1. The minimum absolute atomic E-state index is 0.380. The summed E-state index contributed by atoms with van der Waals surface area (Å²) in [6, 6.07) is 5.93. The van der Waals surface area contributed by atoms with Crippen LogP contribution in [0.15, 0.2) is 18.2 Å². The van der Waals surface area contributed by atoms with E-state index in [0.717, 1.165) is 23.7 Å². The standard InChI is InChI=1S/C21H33NO4/c1-16-12-18(24-11-10-22-20(23)26-21(2,3)4)14-19(13-16)25-15-17-8-6-5-7-9-17/h12-14,17H,5-11,15H2,1-4H3,(H,22,23). The van der Waals surface area contributed by atoms with Crippen molar-refractivity contribution in [3.8, 4) is 11.5 Å². The first kappa shape index (κ1) is 20.4. The molecule has 1 amide bonds. The second kappa shape index (κ2) is 9.70. The number of rotatable bonds is 7.